The van der Waals surface area contributed by atoms with Gasteiger partial charge in [-0.2, -0.15) is 0 Å². The van der Waals surface area contributed by atoms with Crippen LogP contribution in [-0.4, -0.2) is 22.7 Å². The van der Waals surface area contributed by atoms with Crippen LogP contribution in [0.2, 0.25) is 0 Å². The number of aromatic nitrogens is 2. The highest BCUT2D eigenvalue weighted by atomic mass is 32.1. The third-order valence-electron chi connectivity index (χ3n) is 5.14. The maximum Gasteiger partial charge on any atom is 0.269 e. The van der Waals surface area contributed by atoms with Gasteiger partial charge in [-0.15, -0.1) is 22.7 Å². The van der Waals surface area contributed by atoms with Crippen molar-refractivity contribution in [1.29, 1.82) is 0 Å². The Morgan fingerprint density at radius 1 is 1.06 bits per heavy atom. The van der Waals surface area contributed by atoms with E-state index in [1.165, 1.54) is 34.8 Å². The molecule has 5 rings (SSSR count). The molecular formula is C24H20FN3O4S2. The highest BCUT2D eigenvalue weighted by Crippen LogP contribution is 2.34. The molecule has 1 aliphatic heterocycles. The summed E-state index contributed by atoms with van der Waals surface area (Å²) < 4.78 is 29.5. The van der Waals surface area contributed by atoms with Crippen molar-refractivity contribution in [1.82, 2.24) is 9.97 Å². The second kappa shape index (κ2) is 9.40. The van der Waals surface area contributed by atoms with E-state index in [4.69, 9.17) is 14.2 Å². The van der Waals surface area contributed by atoms with E-state index in [1.54, 1.807) is 19.1 Å². The van der Waals surface area contributed by atoms with Gasteiger partial charge in [-0.3, -0.25) is 10.1 Å². The molecule has 0 saturated carbocycles. The fourth-order valence-corrected chi connectivity index (χ4v) is 5.30. The average Bonchev–Trinajstić information content (AvgIpc) is 3.52. The summed E-state index contributed by atoms with van der Waals surface area (Å²) in [6, 6.07) is 11.6. The van der Waals surface area contributed by atoms with Crippen LogP contribution >= 0.6 is 22.7 Å². The molecule has 3 heterocycles. The van der Waals surface area contributed by atoms with E-state index in [2.05, 4.69) is 15.3 Å². The minimum Gasteiger partial charge on any atom is -0.486 e. The van der Waals surface area contributed by atoms with Crippen LogP contribution in [0.15, 0.2) is 42.5 Å². The molecule has 1 N–H and O–H groups in total. The summed E-state index contributed by atoms with van der Waals surface area (Å²) in [5, 5.41) is 4.09. The number of hydrogen-bond acceptors (Lipinski definition) is 8. The van der Waals surface area contributed by atoms with Crippen molar-refractivity contribution >= 4 is 33.7 Å². The molecule has 7 nitrogen and oxygen atoms in total. The average molecular weight is 498 g/mol. The number of hydrogen-bond donors (Lipinski definition) is 1. The van der Waals surface area contributed by atoms with Crippen molar-refractivity contribution in [2.75, 3.05) is 12.1 Å². The third-order valence-corrected chi connectivity index (χ3v) is 7.34. The van der Waals surface area contributed by atoms with Gasteiger partial charge >= 0.3 is 0 Å². The lowest BCUT2D eigenvalue weighted by Gasteiger charge is -2.03. The summed E-state index contributed by atoms with van der Waals surface area (Å²) in [6.07, 6.45) is 0.681. The minimum atomic E-state index is -0.326. The van der Waals surface area contributed by atoms with Crippen molar-refractivity contribution in [3.63, 3.8) is 0 Å². The molecule has 10 heteroatoms. The van der Waals surface area contributed by atoms with Crippen LogP contribution in [0.3, 0.4) is 0 Å². The van der Waals surface area contributed by atoms with Gasteiger partial charge in [-0.1, -0.05) is 6.07 Å². The van der Waals surface area contributed by atoms with Crippen molar-refractivity contribution in [3.8, 4) is 17.2 Å². The number of amides is 1. The highest BCUT2D eigenvalue weighted by Gasteiger charge is 2.19. The van der Waals surface area contributed by atoms with Crippen molar-refractivity contribution in [2.45, 2.75) is 26.9 Å². The predicted octanol–water partition coefficient (Wildman–Crippen LogP) is 5.51. The molecule has 0 saturated heterocycles. The van der Waals surface area contributed by atoms with Crippen molar-refractivity contribution in [3.05, 3.63) is 80.0 Å². The number of aryl methyl sites for hydroxylation is 2. The molecule has 0 fully saturated rings. The van der Waals surface area contributed by atoms with Gasteiger partial charge in [0, 0.05) is 11.3 Å². The summed E-state index contributed by atoms with van der Waals surface area (Å²) in [4.78, 5) is 23.4. The Hall–Kier alpha value is -3.50. The first-order valence-corrected chi connectivity index (χ1v) is 12.1. The number of fused-ring (bicyclic) bond motifs is 1. The van der Waals surface area contributed by atoms with E-state index in [0.717, 1.165) is 27.6 Å². The topological polar surface area (TPSA) is 82.6 Å². The van der Waals surface area contributed by atoms with Gasteiger partial charge in [-0.05, 0) is 55.8 Å². The molecule has 0 radical (unpaired) electrons. The molecule has 0 atom stereocenters. The fourth-order valence-electron chi connectivity index (χ4n) is 3.44. The fraction of sp³-hybridized carbons (Fsp3) is 0.208. The summed E-state index contributed by atoms with van der Waals surface area (Å²) in [7, 11) is 0. The smallest absolute Gasteiger partial charge is 0.269 e. The van der Waals surface area contributed by atoms with Gasteiger partial charge < -0.3 is 14.2 Å². The first kappa shape index (κ1) is 22.3. The van der Waals surface area contributed by atoms with Gasteiger partial charge in [0.05, 0.1) is 11.4 Å². The van der Waals surface area contributed by atoms with Crippen LogP contribution in [0, 0.1) is 19.7 Å². The zero-order valence-electron chi connectivity index (χ0n) is 18.4. The maximum absolute atomic E-state index is 13.0. The summed E-state index contributed by atoms with van der Waals surface area (Å²) in [5.74, 6) is 1.45. The molecule has 1 aliphatic rings. The number of halogens is 1. The molecule has 1 amide bonds. The van der Waals surface area contributed by atoms with Gasteiger partial charge in [0.15, 0.2) is 16.6 Å². The van der Waals surface area contributed by atoms with Crippen LogP contribution in [0.1, 0.15) is 36.5 Å². The Kier molecular flexibility index (Phi) is 6.16. The van der Waals surface area contributed by atoms with Crippen LogP contribution < -0.4 is 19.5 Å². The molecule has 0 unspecified atom stereocenters. The second-order valence-corrected chi connectivity index (χ2v) is 9.78. The molecule has 0 aliphatic carbocycles. The molecule has 2 aromatic carbocycles. The van der Waals surface area contributed by atoms with E-state index in [1.807, 2.05) is 25.1 Å². The molecule has 174 valence electrons. The lowest BCUT2D eigenvalue weighted by atomic mass is 10.1. The van der Waals surface area contributed by atoms with Gasteiger partial charge in [-0.25, -0.2) is 14.4 Å². The molecular weight excluding hydrogens is 477 g/mol. The number of anilines is 1. The number of carbonyl (C=O) groups excluding carboxylic acids is 1. The Morgan fingerprint density at radius 2 is 1.85 bits per heavy atom. The minimum absolute atomic E-state index is 0.195. The molecule has 4 aromatic rings. The Bertz CT molecular complexity index is 1350. The number of rotatable bonds is 7. The van der Waals surface area contributed by atoms with E-state index in [-0.39, 0.29) is 25.1 Å². The summed E-state index contributed by atoms with van der Waals surface area (Å²) in [6.45, 7) is 4.15. The van der Waals surface area contributed by atoms with Crippen molar-refractivity contribution in [2.24, 2.45) is 0 Å². The van der Waals surface area contributed by atoms with E-state index >= 15 is 0 Å². The lowest BCUT2D eigenvalue weighted by Crippen LogP contribution is -2.11. The quantitative estimate of drug-likeness (QED) is 0.363. The van der Waals surface area contributed by atoms with Crippen LogP contribution in [0.5, 0.6) is 17.2 Å². The van der Waals surface area contributed by atoms with E-state index < -0.39 is 0 Å². The maximum atomic E-state index is 13.0. The number of nitrogens with zero attached hydrogens (tertiary/aromatic N) is 2. The number of ether oxygens (including phenoxy) is 3. The molecule has 2 aromatic heterocycles. The normalized spacial score (nSPS) is 12.1. The monoisotopic (exact) mass is 497 g/mol. The number of nitrogens with one attached hydrogen (secondary N) is 1. The molecule has 0 spiro atoms. The third kappa shape index (κ3) is 4.87. The van der Waals surface area contributed by atoms with Gasteiger partial charge in [0.25, 0.3) is 5.91 Å². The Balaban J connectivity index is 1.23. The predicted molar refractivity (Wildman–Crippen MR) is 128 cm³/mol. The summed E-state index contributed by atoms with van der Waals surface area (Å²) >= 11 is 2.71. The zero-order chi connectivity index (χ0) is 23.7. The van der Waals surface area contributed by atoms with Crippen LogP contribution in [-0.2, 0) is 13.0 Å². The second-order valence-electron chi connectivity index (χ2n) is 7.61. The van der Waals surface area contributed by atoms with Gasteiger partial charge in [0.1, 0.15) is 28.1 Å². The molecule has 34 heavy (non-hydrogen) atoms. The highest BCUT2D eigenvalue weighted by molar-refractivity contribution is 7.16. The van der Waals surface area contributed by atoms with Gasteiger partial charge in [0.2, 0.25) is 6.79 Å². The SMILES string of the molecule is Cc1nc(NC(=O)c2sc(COc3ccc(F)cc3)nc2C)sc1Cc1ccc2c(c1)OCO2. The van der Waals surface area contributed by atoms with E-state index in [9.17, 15) is 9.18 Å². The van der Waals surface area contributed by atoms with E-state index in [0.29, 0.717) is 32.9 Å². The largest absolute Gasteiger partial charge is 0.486 e. The first-order chi connectivity index (χ1) is 16.4. The number of benzene rings is 2. The molecule has 0 bridgehead atoms. The standard InChI is InChI=1S/C24H20FN3O4S2/c1-13-20(10-15-3-8-18-19(9-15)32-12-31-18)33-24(27-13)28-23(29)22-14(2)26-21(34-22)11-30-17-6-4-16(25)5-7-17/h3-9H,10-12H2,1-2H3,(H,27,28,29). The first-order valence-electron chi connectivity index (χ1n) is 10.5. The number of thiazole rings is 2. The Morgan fingerprint density at radius 3 is 2.68 bits per heavy atom. The lowest BCUT2D eigenvalue weighted by molar-refractivity contribution is 0.102. The van der Waals surface area contributed by atoms with Crippen molar-refractivity contribution < 1.29 is 23.4 Å². The number of carbonyl (C=O) groups is 1. The zero-order valence-corrected chi connectivity index (χ0v) is 20.0. The van der Waals surface area contributed by atoms with Crippen LogP contribution in [0.25, 0.3) is 0 Å². The Labute approximate surface area is 203 Å². The van der Waals surface area contributed by atoms with Crippen LogP contribution in [0.4, 0.5) is 9.52 Å². The summed E-state index contributed by atoms with van der Waals surface area (Å²) in [5.41, 5.74) is 2.57.